The summed E-state index contributed by atoms with van der Waals surface area (Å²) in [4.78, 5) is 25.2. The molecule has 2 aromatic carbocycles. The molecule has 0 spiro atoms. The second kappa shape index (κ2) is 4.35. The van der Waals surface area contributed by atoms with Gasteiger partial charge in [0, 0.05) is 11.3 Å². The van der Waals surface area contributed by atoms with Gasteiger partial charge in [-0.25, -0.2) is 0 Å². The smallest absolute Gasteiger partial charge is 0.200 e. The Hall–Kier alpha value is -2.33. The van der Waals surface area contributed by atoms with Crippen molar-refractivity contribution in [1.82, 2.24) is 0 Å². The van der Waals surface area contributed by atoms with Gasteiger partial charge < -0.3 is 10.5 Å². The minimum absolute atomic E-state index is 0.175. The second-order valence-corrected chi connectivity index (χ2v) is 4.83. The number of hydrogen-bond donors (Lipinski definition) is 1. The first-order valence-electron chi connectivity index (χ1n) is 5.90. The topological polar surface area (TPSA) is 69.4 Å². The average molecular weight is 288 g/mol. The summed E-state index contributed by atoms with van der Waals surface area (Å²) in [6.45, 7) is 0. The van der Waals surface area contributed by atoms with E-state index < -0.39 is 0 Å². The molecule has 4 nitrogen and oxygen atoms in total. The highest BCUT2D eigenvalue weighted by Crippen LogP contribution is 2.38. The minimum atomic E-state index is -0.341. The lowest BCUT2D eigenvalue weighted by atomic mass is 9.83. The van der Waals surface area contributed by atoms with E-state index in [1.807, 2.05) is 0 Å². The molecule has 0 unspecified atom stereocenters. The molecule has 0 radical (unpaired) electrons. The molecular formula is C15H10ClNO3. The first-order chi connectivity index (χ1) is 9.56. The van der Waals surface area contributed by atoms with Gasteiger partial charge in [0.25, 0.3) is 0 Å². The zero-order valence-corrected chi connectivity index (χ0v) is 11.3. The van der Waals surface area contributed by atoms with Crippen molar-refractivity contribution in [2.24, 2.45) is 0 Å². The van der Waals surface area contributed by atoms with E-state index in [9.17, 15) is 9.59 Å². The van der Waals surface area contributed by atoms with Gasteiger partial charge in [-0.05, 0) is 18.2 Å². The molecule has 2 N–H and O–H groups in total. The number of nitrogen functional groups attached to an aromatic ring is 1. The van der Waals surface area contributed by atoms with Crippen molar-refractivity contribution in [3.63, 3.8) is 0 Å². The molecule has 0 saturated carbocycles. The Kier molecular flexibility index (Phi) is 2.76. The Morgan fingerprint density at radius 2 is 1.75 bits per heavy atom. The fourth-order valence-corrected chi connectivity index (χ4v) is 2.69. The van der Waals surface area contributed by atoms with Crippen molar-refractivity contribution in [3.05, 3.63) is 57.6 Å². The number of anilines is 1. The van der Waals surface area contributed by atoms with Gasteiger partial charge in [0.1, 0.15) is 5.75 Å². The molecule has 0 heterocycles. The number of ether oxygens (including phenoxy) is 1. The number of hydrogen-bond acceptors (Lipinski definition) is 4. The molecule has 1 aliphatic carbocycles. The Morgan fingerprint density at radius 1 is 1.00 bits per heavy atom. The first-order valence-corrected chi connectivity index (χ1v) is 6.28. The maximum absolute atomic E-state index is 12.6. The molecule has 0 fully saturated rings. The van der Waals surface area contributed by atoms with Crippen LogP contribution in [0.15, 0.2) is 30.3 Å². The van der Waals surface area contributed by atoms with Crippen molar-refractivity contribution in [2.75, 3.05) is 12.8 Å². The third-order valence-corrected chi connectivity index (χ3v) is 3.67. The molecule has 20 heavy (non-hydrogen) atoms. The SMILES string of the molecule is COc1ccc(Cl)c2c1C(=O)c1c(N)cccc1C2=O. The maximum atomic E-state index is 12.6. The summed E-state index contributed by atoms with van der Waals surface area (Å²) in [7, 11) is 1.44. The summed E-state index contributed by atoms with van der Waals surface area (Å²) in [5, 5.41) is 0.229. The summed E-state index contributed by atoms with van der Waals surface area (Å²) in [6.07, 6.45) is 0. The number of nitrogens with two attached hydrogens (primary N) is 1. The summed E-state index contributed by atoms with van der Waals surface area (Å²) in [5.74, 6) is -0.338. The third-order valence-electron chi connectivity index (χ3n) is 3.36. The quantitative estimate of drug-likeness (QED) is 0.699. The van der Waals surface area contributed by atoms with Crippen LogP contribution in [0.2, 0.25) is 5.02 Å². The minimum Gasteiger partial charge on any atom is -0.496 e. The van der Waals surface area contributed by atoms with Gasteiger partial charge in [-0.2, -0.15) is 0 Å². The van der Waals surface area contributed by atoms with Gasteiger partial charge in [-0.15, -0.1) is 0 Å². The van der Waals surface area contributed by atoms with Crippen LogP contribution in [0, 0.1) is 0 Å². The molecular weight excluding hydrogens is 278 g/mol. The molecule has 0 aliphatic heterocycles. The first kappa shape index (κ1) is 12.7. The van der Waals surface area contributed by atoms with Crippen molar-refractivity contribution >= 4 is 28.9 Å². The van der Waals surface area contributed by atoms with E-state index in [2.05, 4.69) is 0 Å². The van der Waals surface area contributed by atoms with E-state index in [1.165, 1.54) is 7.11 Å². The fourth-order valence-electron chi connectivity index (χ4n) is 2.45. The molecule has 100 valence electrons. The molecule has 0 saturated heterocycles. The molecule has 0 atom stereocenters. The van der Waals surface area contributed by atoms with Crippen LogP contribution in [0.25, 0.3) is 0 Å². The van der Waals surface area contributed by atoms with Gasteiger partial charge >= 0.3 is 0 Å². The Balaban J connectivity index is 2.41. The van der Waals surface area contributed by atoms with Crippen LogP contribution in [0.3, 0.4) is 0 Å². The van der Waals surface area contributed by atoms with Crippen molar-refractivity contribution < 1.29 is 14.3 Å². The van der Waals surface area contributed by atoms with Crippen molar-refractivity contribution in [2.45, 2.75) is 0 Å². The number of methoxy groups -OCH3 is 1. The molecule has 3 rings (SSSR count). The average Bonchev–Trinajstić information content (AvgIpc) is 2.44. The predicted molar refractivity (Wildman–Crippen MR) is 75.7 cm³/mol. The van der Waals surface area contributed by atoms with E-state index in [-0.39, 0.29) is 44.5 Å². The van der Waals surface area contributed by atoms with Gasteiger partial charge in [0.05, 0.1) is 28.8 Å². The standard InChI is InChI=1S/C15H10ClNO3/c1-20-10-6-5-8(16)12-13(10)15(19)11-7(14(12)18)3-2-4-9(11)17/h2-6H,17H2,1H3. The Bertz CT molecular complexity index is 768. The van der Waals surface area contributed by atoms with Crippen molar-refractivity contribution in [1.29, 1.82) is 0 Å². The number of carbonyl (C=O) groups is 2. The Labute approximate surface area is 120 Å². The second-order valence-electron chi connectivity index (χ2n) is 4.43. The number of fused-ring (bicyclic) bond motifs is 2. The predicted octanol–water partition coefficient (Wildman–Crippen LogP) is 2.71. The molecule has 5 heteroatoms. The zero-order chi connectivity index (χ0) is 14.4. The highest BCUT2D eigenvalue weighted by Gasteiger charge is 2.35. The summed E-state index contributed by atoms with van der Waals surface area (Å²) in [6, 6.07) is 7.91. The van der Waals surface area contributed by atoms with Crippen LogP contribution >= 0.6 is 11.6 Å². The number of carbonyl (C=O) groups excluding carboxylic acids is 2. The normalized spacial score (nSPS) is 12.9. The van der Waals surface area contributed by atoms with Gasteiger partial charge in [-0.3, -0.25) is 9.59 Å². The highest BCUT2D eigenvalue weighted by molar-refractivity contribution is 6.40. The fraction of sp³-hybridized carbons (Fsp3) is 0.0667. The molecule has 0 aromatic heterocycles. The highest BCUT2D eigenvalue weighted by atomic mass is 35.5. The van der Waals surface area contributed by atoms with E-state index in [4.69, 9.17) is 22.1 Å². The van der Waals surface area contributed by atoms with Crippen molar-refractivity contribution in [3.8, 4) is 5.75 Å². The van der Waals surface area contributed by atoms with Crippen LogP contribution in [0.1, 0.15) is 31.8 Å². The monoisotopic (exact) mass is 287 g/mol. The lowest BCUT2D eigenvalue weighted by molar-refractivity contribution is 0.0977. The molecule has 0 bridgehead atoms. The summed E-state index contributed by atoms with van der Waals surface area (Å²) >= 11 is 6.08. The van der Waals surface area contributed by atoms with Crippen LogP contribution in [-0.2, 0) is 0 Å². The van der Waals surface area contributed by atoms with E-state index in [0.717, 1.165) is 0 Å². The van der Waals surface area contributed by atoms with Gasteiger partial charge in [0.15, 0.2) is 11.6 Å². The number of halogens is 1. The van der Waals surface area contributed by atoms with Gasteiger partial charge in [-0.1, -0.05) is 23.7 Å². The van der Waals surface area contributed by atoms with Crippen LogP contribution in [-0.4, -0.2) is 18.7 Å². The van der Waals surface area contributed by atoms with E-state index in [1.54, 1.807) is 30.3 Å². The number of benzene rings is 2. The third kappa shape index (κ3) is 1.55. The number of rotatable bonds is 1. The molecule has 0 amide bonds. The largest absolute Gasteiger partial charge is 0.496 e. The summed E-state index contributed by atoms with van der Waals surface area (Å²) in [5.41, 5.74) is 6.95. The molecule has 1 aliphatic rings. The van der Waals surface area contributed by atoms with E-state index in [0.29, 0.717) is 5.75 Å². The number of ketones is 2. The van der Waals surface area contributed by atoms with Crippen LogP contribution < -0.4 is 10.5 Å². The maximum Gasteiger partial charge on any atom is 0.200 e. The van der Waals surface area contributed by atoms with Crippen LogP contribution in [0.5, 0.6) is 5.75 Å². The summed E-state index contributed by atoms with van der Waals surface area (Å²) < 4.78 is 5.17. The van der Waals surface area contributed by atoms with Gasteiger partial charge in [0.2, 0.25) is 0 Å². The zero-order valence-electron chi connectivity index (χ0n) is 10.6. The van der Waals surface area contributed by atoms with E-state index >= 15 is 0 Å². The lowest BCUT2D eigenvalue weighted by Crippen LogP contribution is -2.23. The lowest BCUT2D eigenvalue weighted by Gasteiger charge is -2.21. The van der Waals surface area contributed by atoms with Crippen LogP contribution in [0.4, 0.5) is 5.69 Å². The molecule has 2 aromatic rings. The Morgan fingerprint density at radius 3 is 2.45 bits per heavy atom.